The second kappa shape index (κ2) is 7.75. The fraction of sp³-hybridized carbons (Fsp3) is 0.533. The summed E-state index contributed by atoms with van der Waals surface area (Å²) in [6.45, 7) is 7.05. The molecule has 18 heavy (non-hydrogen) atoms. The fourth-order valence-electron chi connectivity index (χ4n) is 1.87. The third-order valence-corrected chi connectivity index (χ3v) is 2.68. The summed E-state index contributed by atoms with van der Waals surface area (Å²) in [5.41, 5.74) is 2.43. The Morgan fingerprint density at radius 2 is 2.17 bits per heavy atom. The van der Waals surface area contributed by atoms with E-state index < -0.39 is 0 Å². The minimum Gasteiger partial charge on any atom is -0.493 e. The van der Waals surface area contributed by atoms with E-state index in [2.05, 4.69) is 6.07 Å². The standard InChI is InChI=1S/C13H16O3.C2H6/c1-2-15-13(14)6-4-10-3-5-12-11(9-10)7-8-16-12;1-2/h3,5,9H,2,4,6-8H2,1H3;1-2H3. The summed E-state index contributed by atoms with van der Waals surface area (Å²) in [6.07, 6.45) is 2.17. The van der Waals surface area contributed by atoms with E-state index in [1.54, 1.807) is 0 Å². The van der Waals surface area contributed by atoms with Gasteiger partial charge in [-0.25, -0.2) is 0 Å². The van der Waals surface area contributed by atoms with Crippen molar-refractivity contribution in [3.05, 3.63) is 29.3 Å². The largest absolute Gasteiger partial charge is 0.493 e. The number of carbonyl (C=O) groups is 1. The van der Waals surface area contributed by atoms with Crippen molar-refractivity contribution in [2.24, 2.45) is 0 Å². The van der Waals surface area contributed by atoms with Gasteiger partial charge in [-0.2, -0.15) is 0 Å². The van der Waals surface area contributed by atoms with Gasteiger partial charge in [0.2, 0.25) is 0 Å². The highest BCUT2D eigenvalue weighted by atomic mass is 16.5. The topological polar surface area (TPSA) is 35.5 Å². The second-order valence-corrected chi connectivity index (χ2v) is 3.85. The van der Waals surface area contributed by atoms with Gasteiger partial charge in [0.15, 0.2) is 0 Å². The maximum absolute atomic E-state index is 11.2. The number of aryl methyl sites for hydroxylation is 1. The van der Waals surface area contributed by atoms with Crippen LogP contribution in [0, 0.1) is 0 Å². The van der Waals surface area contributed by atoms with E-state index in [9.17, 15) is 4.79 Å². The van der Waals surface area contributed by atoms with Crippen LogP contribution in [-0.4, -0.2) is 19.2 Å². The Morgan fingerprint density at radius 1 is 1.39 bits per heavy atom. The number of benzene rings is 1. The van der Waals surface area contributed by atoms with Crippen molar-refractivity contribution in [3.8, 4) is 5.75 Å². The number of hydrogen-bond acceptors (Lipinski definition) is 3. The molecule has 1 aromatic carbocycles. The zero-order valence-corrected chi connectivity index (χ0v) is 11.5. The minimum atomic E-state index is -0.126. The van der Waals surface area contributed by atoms with Gasteiger partial charge in [-0.1, -0.05) is 26.0 Å². The Labute approximate surface area is 109 Å². The lowest BCUT2D eigenvalue weighted by molar-refractivity contribution is -0.143. The molecule has 0 N–H and O–H groups in total. The normalized spacial score (nSPS) is 11.9. The van der Waals surface area contributed by atoms with Crippen LogP contribution in [0.3, 0.4) is 0 Å². The van der Waals surface area contributed by atoms with Crippen LogP contribution in [0.5, 0.6) is 5.75 Å². The van der Waals surface area contributed by atoms with Gasteiger partial charge in [0.05, 0.1) is 13.2 Å². The summed E-state index contributed by atoms with van der Waals surface area (Å²) in [5, 5.41) is 0. The van der Waals surface area contributed by atoms with Crippen LogP contribution in [0.25, 0.3) is 0 Å². The van der Waals surface area contributed by atoms with Gasteiger partial charge in [-0.15, -0.1) is 0 Å². The first-order chi connectivity index (χ1) is 8.79. The van der Waals surface area contributed by atoms with Gasteiger partial charge in [0.25, 0.3) is 0 Å². The van der Waals surface area contributed by atoms with Gasteiger partial charge in [-0.05, 0) is 30.5 Å². The highest BCUT2D eigenvalue weighted by Crippen LogP contribution is 2.26. The summed E-state index contributed by atoms with van der Waals surface area (Å²) in [4.78, 5) is 11.2. The molecule has 3 heteroatoms. The molecular formula is C15H22O3. The van der Waals surface area contributed by atoms with Crippen molar-refractivity contribution in [2.75, 3.05) is 13.2 Å². The SMILES string of the molecule is CC.CCOC(=O)CCc1ccc2c(c1)CCO2. The lowest BCUT2D eigenvalue weighted by atomic mass is 10.1. The average Bonchev–Trinajstić information content (AvgIpc) is 2.86. The molecule has 0 bridgehead atoms. The highest BCUT2D eigenvalue weighted by Gasteiger charge is 2.12. The molecular weight excluding hydrogens is 228 g/mol. The first-order valence-electron chi connectivity index (χ1n) is 6.70. The van der Waals surface area contributed by atoms with E-state index in [0.717, 1.165) is 25.2 Å². The molecule has 1 aliphatic heterocycles. The van der Waals surface area contributed by atoms with Crippen LogP contribution >= 0.6 is 0 Å². The quantitative estimate of drug-likeness (QED) is 0.770. The number of esters is 1. The van der Waals surface area contributed by atoms with Crippen molar-refractivity contribution < 1.29 is 14.3 Å². The number of carbonyl (C=O) groups excluding carboxylic acids is 1. The highest BCUT2D eigenvalue weighted by molar-refractivity contribution is 5.69. The van der Waals surface area contributed by atoms with Crippen molar-refractivity contribution in [2.45, 2.75) is 40.0 Å². The third kappa shape index (κ3) is 4.06. The lowest BCUT2D eigenvalue weighted by Crippen LogP contribution is -2.05. The van der Waals surface area contributed by atoms with Gasteiger partial charge in [0.1, 0.15) is 5.75 Å². The Kier molecular flexibility index (Phi) is 6.26. The smallest absolute Gasteiger partial charge is 0.306 e. The van der Waals surface area contributed by atoms with E-state index in [4.69, 9.17) is 9.47 Å². The number of ether oxygens (including phenoxy) is 2. The zero-order valence-electron chi connectivity index (χ0n) is 11.5. The molecule has 0 saturated heterocycles. The summed E-state index contributed by atoms with van der Waals surface area (Å²) >= 11 is 0. The van der Waals surface area contributed by atoms with Crippen LogP contribution in [0.15, 0.2) is 18.2 Å². The van der Waals surface area contributed by atoms with Crippen LogP contribution in [0.2, 0.25) is 0 Å². The van der Waals surface area contributed by atoms with Crippen molar-refractivity contribution in [1.82, 2.24) is 0 Å². The van der Waals surface area contributed by atoms with Gasteiger partial charge < -0.3 is 9.47 Å². The molecule has 1 heterocycles. The second-order valence-electron chi connectivity index (χ2n) is 3.85. The molecule has 0 unspecified atom stereocenters. The molecule has 0 aliphatic carbocycles. The lowest BCUT2D eigenvalue weighted by Gasteiger charge is -2.04. The molecule has 3 nitrogen and oxygen atoms in total. The Hall–Kier alpha value is -1.51. The van der Waals surface area contributed by atoms with E-state index in [-0.39, 0.29) is 5.97 Å². The molecule has 0 spiro atoms. The molecule has 2 rings (SSSR count). The number of rotatable bonds is 4. The van der Waals surface area contributed by atoms with Crippen molar-refractivity contribution >= 4 is 5.97 Å². The van der Waals surface area contributed by atoms with Gasteiger partial charge >= 0.3 is 5.97 Å². The Balaban J connectivity index is 0.000000771. The van der Waals surface area contributed by atoms with Crippen molar-refractivity contribution in [1.29, 1.82) is 0 Å². The molecule has 0 saturated carbocycles. The van der Waals surface area contributed by atoms with Crippen LogP contribution in [0.4, 0.5) is 0 Å². The van der Waals surface area contributed by atoms with E-state index >= 15 is 0 Å². The molecule has 100 valence electrons. The monoisotopic (exact) mass is 250 g/mol. The number of fused-ring (bicyclic) bond motifs is 1. The summed E-state index contributed by atoms with van der Waals surface area (Å²) in [5.74, 6) is 0.860. The maximum Gasteiger partial charge on any atom is 0.306 e. The number of hydrogen-bond donors (Lipinski definition) is 0. The van der Waals surface area contributed by atoms with E-state index in [1.807, 2.05) is 32.9 Å². The minimum absolute atomic E-state index is 0.126. The molecule has 0 atom stereocenters. The molecule has 0 radical (unpaired) electrons. The summed E-state index contributed by atoms with van der Waals surface area (Å²) in [7, 11) is 0. The van der Waals surface area contributed by atoms with Gasteiger partial charge in [-0.3, -0.25) is 4.79 Å². The molecule has 0 fully saturated rings. The van der Waals surface area contributed by atoms with Crippen LogP contribution in [-0.2, 0) is 22.4 Å². The molecule has 1 aliphatic rings. The van der Waals surface area contributed by atoms with Gasteiger partial charge in [0, 0.05) is 12.8 Å². The average molecular weight is 250 g/mol. The molecule has 0 amide bonds. The maximum atomic E-state index is 11.2. The predicted octanol–water partition coefficient (Wildman–Crippen LogP) is 3.14. The van der Waals surface area contributed by atoms with E-state index in [1.165, 1.54) is 11.1 Å². The van der Waals surface area contributed by atoms with Crippen LogP contribution in [0.1, 0.15) is 38.3 Å². The Bertz CT molecular complexity index is 385. The summed E-state index contributed by atoms with van der Waals surface area (Å²) < 4.78 is 10.3. The molecule has 0 aromatic heterocycles. The van der Waals surface area contributed by atoms with Crippen molar-refractivity contribution in [3.63, 3.8) is 0 Å². The first kappa shape index (κ1) is 14.6. The summed E-state index contributed by atoms with van der Waals surface area (Å²) in [6, 6.07) is 6.13. The molecule has 1 aromatic rings. The van der Waals surface area contributed by atoms with E-state index in [0.29, 0.717) is 13.0 Å². The fourth-order valence-corrected chi connectivity index (χ4v) is 1.87. The van der Waals surface area contributed by atoms with Crippen LogP contribution < -0.4 is 4.74 Å². The first-order valence-corrected chi connectivity index (χ1v) is 6.70. The zero-order chi connectivity index (χ0) is 13.4. The third-order valence-electron chi connectivity index (χ3n) is 2.68. The predicted molar refractivity (Wildman–Crippen MR) is 71.9 cm³/mol. The Morgan fingerprint density at radius 3 is 2.89 bits per heavy atom.